The van der Waals surface area contributed by atoms with Gasteiger partial charge in [0.15, 0.2) is 0 Å². The molecule has 1 fully saturated rings. The molecule has 0 spiro atoms. The molecule has 0 aromatic carbocycles. The predicted molar refractivity (Wildman–Crippen MR) is 60.8 cm³/mol. The lowest BCUT2D eigenvalue weighted by molar-refractivity contribution is -0.126. The monoisotopic (exact) mass is 222 g/mol. The summed E-state index contributed by atoms with van der Waals surface area (Å²) in [6, 6.07) is 0. The minimum Gasteiger partial charge on any atom is -0.356 e. The van der Waals surface area contributed by atoms with E-state index in [0.29, 0.717) is 0 Å². The summed E-state index contributed by atoms with van der Waals surface area (Å²) in [6.07, 6.45) is 7.65. The summed E-state index contributed by atoms with van der Waals surface area (Å²) >= 11 is 0. The molecular formula is C11H18N4O. The van der Waals surface area contributed by atoms with Crippen molar-refractivity contribution >= 4 is 5.91 Å². The Morgan fingerprint density at radius 1 is 1.50 bits per heavy atom. The molecule has 2 N–H and O–H groups in total. The largest absolute Gasteiger partial charge is 0.356 e. The van der Waals surface area contributed by atoms with Crippen molar-refractivity contribution in [2.75, 3.05) is 19.6 Å². The Morgan fingerprint density at radius 2 is 2.38 bits per heavy atom. The molecule has 1 aliphatic heterocycles. The second-order valence-electron chi connectivity index (χ2n) is 4.15. The van der Waals surface area contributed by atoms with Crippen LogP contribution in [-0.2, 0) is 11.3 Å². The average Bonchev–Trinajstić information content (AvgIpc) is 2.67. The summed E-state index contributed by atoms with van der Waals surface area (Å²) < 4.78 is 2.05. The van der Waals surface area contributed by atoms with E-state index in [-0.39, 0.29) is 11.8 Å². The number of nitrogens with one attached hydrogen (secondary N) is 2. The van der Waals surface area contributed by atoms with Crippen LogP contribution in [0.15, 0.2) is 18.7 Å². The molecule has 0 saturated carbocycles. The van der Waals surface area contributed by atoms with Crippen molar-refractivity contribution in [3.05, 3.63) is 18.7 Å². The van der Waals surface area contributed by atoms with Crippen LogP contribution in [0.3, 0.4) is 0 Å². The van der Waals surface area contributed by atoms with Crippen LogP contribution in [0.25, 0.3) is 0 Å². The Kier molecular flexibility index (Phi) is 3.93. The second kappa shape index (κ2) is 5.65. The first-order chi connectivity index (χ1) is 7.86. The van der Waals surface area contributed by atoms with Gasteiger partial charge in [0.05, 0.1) is 12.2 Å². The Labute approximate surface area is 95.2 Å². The van der Waals surface area contributed by atoms with E-state index < -0.39 is 0 Å². The summed E-state index contributed by atoms with van der Waals surface area (Å²) in [6.45, 7) is 3.42. The van der Waals surface area contributed by atoms with Gasteiger partial charge in [-0.3, -0.25) is 4.79 Å². The first-order valence-electron chi connectivity index (χ1n) is 5.80. The van der Waals surface area contributed by atoms with E-state index in [0.717, 1.165) is 39.0 Å². The molecule has 2 rings (SSSR count). The summed E-state index contributed by atoms with van der Waals surface area (Å²) in [5, 5.41) is 6.05. The maximum absolute atomic E-state index is 11.5. The number of amides is 1. The topological polar surface area (TPSA) is 59.0 Å². The van der Waals surface area contributed by atoms with Gasteiger partial charge in [-0.1, -0.05) is 0 Å². The van der Waals surface area contributed by atoms with Gasteiger partial charge in [0.2, 0.25) is 5.91 Å². The molecule has 1 aromatic rings. The molecule has 0 radical (unpaired) electrons. The highest BCUT2D eigenvalue weighted by Crippen LogP contribution is 2.02. The zero-order valence-corrected chi connectivity index (χ0v) is 9.35. The lowest BCUT2D eigenvalue weighted by Gasteiger charge is -2.25. The van der Waals surface area contributed by atoms with E-state index in [2.05, 4.69) is 20.2 Å². The number of imidazole rings is 1. The van der Waals surface area contributed by atoms with E-state index in [4.69, 9.17) is 0 Å². The van der Waals surface area contributed by atoms with Crippen LogP contribution in [0.2, 0.25) is 0 Å². The number of carbonyl (C=O) groups is 1. The van der Waals surface area contributed by atoms with Crippen molar-refractivity contribution in [2.24, 2.45) is 5.92 Å². The normalized spacial score (nSPS) is 15.8. The highest BCUT2D eigenvalue weighted by molar-refractivity contribution is 5.79. The minimum absolute atomic E-state index is 0.196. The minimum atomic E-state index is 0.196. The maximum Gasteiger partial charge on any atom is 0.225 e. The van der Waals surface area contributed by atoms with E-state index in [1.165, 1.54) is 0 Å². The number of rotatable bonds is 6. The Balaban J connectivity index is 1.50. The molecule has 1 amide bonds. The molecule has 0 bridgehead atoms. The molecule has 16 heavy (non-hydrogen) atoms. The number of hydrogen-bond donors (Lipinski definition) is 2. The standard InChI is InChI=1S/C11H18N4O/c16-11(10-7-13-8-10)14-3-1-2-5-15-6-4-12-9-15/h4,6,9-10,13H,1-3,5,7-8H2,(H,14,16). The van der Waals surface area contributed by atoms with Gasteiger partial charge in [0.1, 0.15) is 0 Å². The van der Waals surface area contributed by atoms with Gasteiger partial charge < -0.3 is 15.2 Å². The van der Waals surface area contributed by atoms with Crippen molar-refractivity contribution in [3.63, 3.8) is 0 Å². The lowest BCUT2D eigenvalue weighted by atomic mass is 10.0. The Bertz CT molecular complexity index is 319. The zero-order chi connectivity index (χ0) is 11.2. The van der Waals surface area contributed by atoms with Crippen molar-refractivity contribution < 1.29 is 4.79 Å². The fraction of sp³-hybridized carbons (Fsp3) is 0.636. The molecule has 0 aliphatic carbocycles. The SMILES string of the molecule is O=C(NCCCCn1ccnc1)C1CNC1. The van der Waals surface area contributed by atoms with E-state index >= 15 is 0 Å². The molecule has 88 valence electrons. The Hall–Kier alpha value is -1.36. The molecule has 5 heteroatoms. The fourth-order valence-electron chi connectivity index (χ4n) is 1.67. The number of nitrogens with zero attached hydrogens (tertiary/aromatic N) is 2. The average molecular weight is 222 g/mol. The number of carbonyl (C=O) groups excluding carboxylic acids is 1. The first-order valence-corrected chi connectivity index (χ1v) is 5.80. The van der Waals surface area contributed by atoms with Gasteiger partial charge in [-0.15, -0.1) is 0 Å². The summed E-state index contributed by atoms with van der Waals surface area (Å²) in [5.41, 5.74) is 0. The highest BCUT2D eigenvalue weighted by atomic mass is 16.2. The Morgan fingerprint density at radius 3 is 3.00 bits per heavy atom. The van der Waals surface area contributed by atoms with E-state index in [1.54, 1.807) is 6.20 Å². The maximum atomic E-state index is 11.5. The van der Waals surface area contributed by atoms with Crippen LogP contribution >= 0.6 is 0 Å². The summed E-state index contributed by atoms with van der Waals surface area (Å²) in [4.78, 5) is 15.4. The van der Waals surface area contributed by atoms with Crippen LogP contribution in [0.5, 0.6) is 0 Å². The van der Waals surface area contributed by atoms with Crippen LogP contribution in [0.4, 0.5) is 0 Å². The highest BCUT2D eigenvalue weighted by Gasteiger charge is 2.23. The van der Waals surface area contributed by atoms with E-state index in [9.17, 15) is 4.79 Å². The predicted octanol–water partition coefficient (Wildman–Crippen LogP) is -0.00110. The number of unbranched alkanes of at least 4 members (excludes halogenated alkanes) is 1. The van der Waals surface area contributed by atoms with Crippen LogP contribution in [0, 0.1) is 5.92 Å². The van der Waals surface area contributed by atoms with Crippen molar-refractivity contribution in [2.45, 2.75) is 19.4 Å². The molecular weight excluding hydrogens is 204 g/mol. The molecule has 0 unspecified atom stereocenters. The first kappa shape index (κ1) is 11.1. The summed E-state index contributed by atoms with van der Waals surface area (Å²) in [5.74, 6) is 0.398. The van der Waals surface area contributed by atoms with Crippen molar-refractivity contribution in [1.82, 2.24) is 20.2 Å². The third kappa shape index (κ3) is 3.06. The summed E-state index contributed by atoms with van der Waals surface area (Å²) in [7, 11) is 0. The number of hydrogen-bond acceptors (Lipinski definition) is 3. The quantitative estimate of drug-likeness (QED) is 0.666. The molecule has 2 heterocycles. The molecule has 1 saturated heterocycles. The fourth-order valence-corrected chi connectivity index (χ4v) is 1.67. The smallest absolute Gasteiger partial charge is 0.225 e. The molecule has 0 atom stereocenters. The van der Waals surface area contributed by atoms with Gasteiger partial charge in [-0.25, -0.2) is 4.98 Å². The van der Waals surface area contributed by atoms with Crippen LogP contribution < -0.4 is 10.6 Å². The number of aromatic nitrogens is 2. The van der Waals surface area contributed by atoms with E-state index in [1.807, 2.05) is 12.5 Å². The van der Waals surface area contributed by atoms with Gasteiger partial charge in [0.25, 0.3) is 0 Å². The third-order valence-corrected chi connectivity index (χ3v) is 2.85. The van der Waals surface area contributed by atoms with Crippen LogP contribution in [-0.4, -0.2) is 35.1 Å². The third-order valence-electron chi connectivity index (χ3n) is 2.85. The molecule has 1 aromatic heterocycles. The molecule has 5 nitrogen and oxygen atoms in total. The second-order valence-corrected chi connectivity index (χ2v) is 4.15. The zero-order valence-electron chi connectivity index (χ0n) is 9.35. The van der Waals surface area contributed by atoms with Crippen LogP contribution in [0.1, 0.15) is 12.8 Å². The van der Waals surface area contributed by atoms with Gasteiger partial charge in [-0.2, -0.15) is 0 Å². The number of aryl methyl sites for hydroxylation is 1. The van der Waals surface area contributed by atoms with Gasteiger partial charge >= 0.3 is 0 Å². The lowest BCUT2D eigenvalue weighted by Crippen LogP contribution is -2.50. The van der Waals surface area contributed by atoms with Gasteiger partial charge in [0, 0.05) is 38.6 Å². The molecule has 1 aliphatic rings. The van der Waals surface area contributed by atoms with Gasteiger partial charge in [-0.05, 0) is 12.8 Å². The van der Waals surface area contributed by atoms with Crippen molar-refractivity contribution in [3.8, 4) is 0 Å². The van der Waals surface area contributed by atoms with Crippen molar-refractivity contribution in [1.29, 1.82) is 0 Å².